The quantitative estimate of drug-likeness (QED) is 0.805. The highest BCUT2D eigenvalue weighted by atomic mass is 15.2. The summed E-state index contributed by atoms with van der Waals surface area (Å²) in [7, 11) is 0. The van der Waals surface area contributed by atoms with Crippen molar-refractivity contribution >= 4 is 10.8 Å². The van der Waals surface area contributed by atoms with Gasteiger partial charge in [-0.25, -0.2) is 0 Å². The van der Waals surface area contributed by atoms with Crippen LogP contribution in [0.4, 0.5) is 0 Å². The van der Waals surface area contributed by atoms with Gasteiger partial charge < -0.3 is 5.32 Å². The van der Waals surface area contributed by atoms with E-state index in [0.29, 0.717) is 0 Å². The molecular formula is C20H21N3. The molecule has 1 fully saturated rings. The maximum absolute atomic E-state index is 4.36. The summed E-state index contributed by atoms with van der Waals surface area (Å²) in [6.07, 6.45) is 3.86. The predicted molar refractivity (Wildman–Crippen MR) is 94.5 cm³/mol. The first kappa shape index (κ1) is 14.4. The lowest BCUT2D eigenvalue weighted by atomic mass is 9.93. The zero-order valence-corrected chi connectivity index (χ0v) is 13.2. The van der Waals surface area contributed by atoms with Crippen molar-refractivity contribution in [3.63, 3.8) is 0 Å². The molecule has 1 aliphatic rings. The third kappa shape index (κ3) is 2.85. The summed E-state index contributed by atoms with van der Waals surface area (Å²) in [5.41, 5.74) is 2.64. The van der Waals surface area contributed by atoms with Gasteiger partial charge in [-0.3, -0.25) is 9.88 Å². The topological polar surface area (TPSA) is 28.2 Å². The van der Waals surface area contributed by atoms with Crippen molar-refractivity contribution in [1.29, 1.82) is 0 Å². The van der Waals surface area contributed by atoms with Crippen molar-refractivity contribution in [3.8, 4) is 0 Å². The Morgan fingerprint density at radius 1 is 0.913 bits per heavy atom. The maximum atomic E-state index is 4.36. The molecule has 116 valence electrons. The van der Waals surface area contributed by atoms with Crippen molar-refractivity contribution in [2.24, 2.45) is 0 Å². The summed E-state index contributed by atoms with van der Waals surface area (Å²) in [4.78, 5) is 6.93. The van der Waals surface area contributed by atoms with Gasteiger partial charge in [0.05, 0.1) is 6.04 Å². The number of rotatable bonds is 3. The van der Waals surface area contributed by atoms with E-state index in [0.717, 1.165) is 26.2 Å². The van der Waals surface area contributed by atoms with Gasteiger partial charge in [0, 0.05) is 38.6 Å². The Labute approximate surface area is 137 Å². The third-order valence-electron chi connectivity index (χ3n) is 4.63. The maximum Gasteiger partial charge on any atom is 0.0623 e. The van der Waals surface area contributed by atoms with Crippen LogP contribution in [0.1, 0.15) is 17.2 Å². The summed E-state index contributed by atoms with van der Waals surface area (Å²) < 4.78 is 0. The van der Waals surface area contributed by atoms with E-state index >= 15 is 0 Å². The van der Waals surface area contributed by atoms with Gasteiger partial charge in [0.25, 0.3) is 0 Å². The first-order chi connectivity index (χ1) is 11.4. The minimum atomic E-state index is 0.261. The van der Waals surface area contributed by atoms with Crippen LogP contribution in [0, 0.1) is 0 Å². The van der Waals surface area contributed by atoms with Crippen molar-refractivity contribution in [1.82, 2.24) is 15.2 Å². The van der Waals surface area contributed by atoms with E-state index in [1.165, 1.54) is 21.9 Å². The van der Waals surface area contributed by atoms with Crippen LogP contribution in [0.5, 0.6) is 0 Å². The molecular weight excluding hydrogens is 282 g/mol. The van der Waals surface area contributed by atoms with Gasteiger partial charge >= 0.3 is 0 Å². The smallest absolute Gasteiger partial charge is 0.0623 e. The van der Waals surface area contributed by atoms with Gasteiger partial charge in [0.15, 0.2) is 0 Å². The second-order valence-electron chi connectivity index (χ2n) is 6.04. The molecule has 1 aromatic heterocycles. The average Bonchev–Trinajstić information content (AvgIpc) is 2.64. The van der Waals surface area contributed by atoms with Gasteiger partial charge in [-0.15, -0.1) is 0 Å². The number of nitrogens with zero attached hydrogens (tertiary/aromatic N) is 2. The zero-order valence-electron chi connectivity index (χ0n) is 13.2. The van der Waals surface area contributed by atoms with Crippen LogP contribution in [-0.4, -0.2) is 36.1 Å². The van der Waals surface area contributed by atoms with Crippen LogP contribution in [0.15, 0.2) is 67.0 Å². The standard InChI is InChI=1S/C20H21N3/c1-2-8-18-16(5-1)6-3-9-19(18)20(17-7-4-10-22-15-17)23-13-11-21-12-14-23/h1-10,15,20-21H,11-14H2. The number of fused-ring (bicyclic) bond motifs is 1. The molecule has 0 radical (unpaired) electrons. The van der Waals surface area contributed by atoms with Crippen LogP contribution < -0.4 is 5.32 Å². The Hall–Kier alpha value is -2.23. The fraction of sp³-hybridized carbons (Fsp3) is 0.250. The Bertz CT molecular complexity index is 774. The monoisotopic (exact) mass is 303 g/mol. The fourth-order valence-electron chi connectivity index (χ4n) is 3.55. The van der Waals surface area contributed by atoms with Gasteiger partial charge in [-0.1, -0.05) is 48.5 Å². The molecule has 1 saturated heterocycles. The van der Waals surface area contributed by atoms with Crippen molar-refractivity contribution in [3.05, 3.63) is 78.1 Å². The molecule has 2 aromatic carbocycles. The van der Waals surface area contributed by atoms with Crippen LogP contribution in [-0.2, 0) is 0 Å². The minimum Gasteiger partial charge on any atom is -0.314 e. The highest BCUT2D eigenvalue weighted by Gasteiger charge is 2.25. The number of piperazine rings is 1. The number of hydrogen-bond acceptors (Lipinski definition) is 3. The highest BCUT2D eigenvalue weighted by Crippen LogP contribution is 2.33. The molecule has 1 atom stereocenters. The van der Waals surface area contributed by atoms with E-state index in [9.17, 15) is 0 Å². The molecule has 1 unspecified atom stereocenters. The molecule has 4 rings (SSSR count). The van der Waals surface area contributed by atoms with Crippen LogP contribution in [0.25, 0.3) is 10.8 Å². The molecule has 3 nitrogen and oxygen atoms in total. The summed E-state index contributed by atoms with van der Waals surface area (Å²) in [6.45, 7) is 4.20. The molecule has 3 aromatic rings. The second-order valence-corrected chi connectivity index (χ2v) is 6.04. The molecule has 0 spiro atoms. The SMILES string of the molecule is c1cncc(C(c2cccc3ccccc23)N2CCNCC2)c1. The number of nitrogens with one attached hydrogen (secondary N) is 1. The fourth-order valence-corrected chi connectivity index (χ4v) is 3.55. The van der Waals surface area contributed by atoms with Gasteiger partial charge in [0.2, 0.25) is 0 Å². The largest absolute Gasteiger partial charge is 0.314 e. The molecule has 0 saturated carbocycles. The molecule has 2 heterocycles. The number of benzene rings is 2. The van der Waals surface area contributed by atoms with Gasteiger partial charge in [-0.2, -0.15) is 0 Å². The van der Waals surface area contributed by atoms with E-state index in [1.54, 1.807) is 0 Å². The number of pyridine rings is 1. The summed E-state index contributed by atoms with van der Waals surface area (Å²) >= 11 is 0. The lowest BCUT2D eigenvalue weighted by molar-refractivity contribution is 0.199. The average molecular weight is 303 g/mol. The summed E-state index contributed by atoms with van der Waals surface area (Å²) in [5.74, 6) is 0. The van der Waals surface area contributed by atoms with Crippen molar-refractivity contribution < 1.29 is 0 Å². The summed E-state index contributed by atoms with van der Waals surface area (Å²) in [6, 6.07) is 19.8. The minimum absolute atomic E-state index is 0.261. The Balaban J connectivity index is 1.86. The Kier molecular flexibility index (Phi) is 4.05. The summed E-state index contributed by atoms with van der Waals surface area (Å²) in [5, 5.41) is 6.09. The highest BCUT2D eigenvalue weighted by molar-refractivity contribution is 5.86. The van der Waals surface area contributed by atoms with Gasteiger partial charge in [0.1, 0.15) is 0 Å². The van der Waals surface area contributed by atoms with E-state index in [1.807, 2.05) is 18.5 Å². The van der Waals surface area contributed by atoms with Gasteiger partial charge in [-0.05, 0) is 28.0 Å². The zero-order chi connectivity index (χ0) is 15.5. The van der Waals surface area contributed by atoms with Crippen LogP contribution in [0.3, 0.4) is 0 Å². The first-order valence-electron chi connectivity index (χ1n) is 8.26. The second kappa shape index (κ2) is 6.49. The lowest BCUT2D eigenvalue weighted by Crippen LogP contribution is -2.45. The van der Waals surface area contributed by atoms with Crippen LogP contribution >= 0.6 is 0 Å². The normalized spacial score (nSPS) is 17.2. The van der Waals surface area contributed by atoms with E-state index in [4.69, 9.17) is 0 Å². The van der Waals surface area contributed by atoms with E-state index < -0.39 is 0 Å². The first-order valence-corrected chi connectivity index (χ1v) is 8.26. The van der Waals surface area contributed by atoms with Crippen LogP contribution in [0.2, 0.25) is 0 Å². The Morgan fingerprint density at radius 3 is 2.57 bits per heavy atom. The molecule has 3 heteroatoms. The molecule has 0 bridgehead atoms. The lowest BCUT2D eigenvalue weighted by Gasteiger charge is -2.36. The predicted octanol–water partition coefficient (Wildman–Crippen LogP) is 3.23. The number of hydrogen-bond donors (Lipinski definition) is 1. The van der Waals surface area contributed by atoms with E-state index in [-0.39, 0.29) is 6.04 Å². The van der Waals surface area contributed by atoms with Crippen molar-refractivity contribution in [2.45, 2.75) is 6.04 Å². The third-order valence-corrected chi connectivity index (χ3v) is 4.63. The molecule has 1 aliphatic heterocycles. The number of aromatic nitrogens is 1. The van der Waals surface area contributed by atoms with E-state index in [2.05, 4.69) is 63.7 Å². The molecule has 0 aliphatic carbocycles. The molecule has 1 N–H and O–H groups in total. The Morgan fingerprint density at radius 2 is 1.74 bits per heavy atom. The van der Waals surface area contributed by atoms with Crippen molar-refractivity contribution in [2.75, 3.05) is 26.2 Å². The molecule has 23 heavy (non-hydrogen) atoms. The molecule has 0 amide bonds.